The van der Waals surface area contributed by atoms with Gasteiger partial charge in [-0.25, -0.2) is 0 Å². The molecule has 0 aliphatic heterocycles. The van der Waals surface area contributed by atoms with Crippen molar-refractivity contribution < 1.29 is 17.9 Å². The fourth-order valence-corrected chi connectivity index (χ4v) is 0.421. The van der Waals surface area contributed by atoms with E-state index in [4.69, 9.17) is 6.42 Å². The Morgan fingerprint density at radius 2 is 2.10 bits per heavy atom. The third-order valence-electron chi connectivity index (χ3n) is 0.887. The van der Waals surface area contributed by atoms with Crippen LogP contribution in [0.25, 0.3) is 0 Å². The van der Waals surface area contributed by atoms with Crippen LogP contribution in [0.1, 0.15) is 6.42 Å². The molecule has 0 heterocycles. The number of terminal acetylenes is 1. The number of ether oxygens (including phenoxy) is 1. The van der Waals surface area contributed by atoms with Crippen LogP contribution >= 0.6 is 0 Å². The maximum Gasteiger partial charge on any atom is 0.392 e. The summed E-state index contributed by atoms with van der Waals surface area (Å²) in [7, 11) is 1.15. The molecule has 0 aromatic heterocycles. The van der Waals surface area contributed by atoms with Crippen molar-refractivity contribution in [1.29, 1.82) is 0 Å². The summed E-state index contributed by atoms with van der Waals surface area (Å²) in [5, 5.41) is 0. The summed E-state index contributed by atoms with van der Waals surface area (Å²) >= 11 is 0. The average Bonchev–Trinajstić information content (AvgIpc) is 1.81. The Balaban J connectivity index is 3.78. The molecule has 0 bridgehead atoms. The lowest BCUT2D eigenvalue weighted by Crippen LogP contribution is -2.19. The third kappa shape index (κ3) is 4.21. The van der Waals surface area contributed by atoms with E-state index >= 15 is 0 Å². The number of hydrogen-bond acceptors (Lipinski definition) is 1. The van der Waals surface area contributed by atoms with Gasteiger partial charge in [0, 0.05) is 7.11 Å². The zero-order valence-corrected chi connectivity index (χ0v) is 5.40. The number of halogens is 3. The summed E-state index contributed by atoms with van der Waals surface area (Å²) in [5.74, 6) is 1.87. The summed E-state index contributed by atoms with van der Waals surface area (Å²) < 4.78 is 38.8. The molecule has 58 valence electrons. The quantitative estimate of drug-likeness (QED) is 0.546. The molecule has 0 spiro atoms. The third-order valence-corrected chi connectivity index (χ3v) is 0.887. The van der Waals surface area contributed by atoms with Gasteiger partial charge in [-0.3, -0.25) is 0 Å². The molecule has 1 unspecified atom stereocenters. The molecule has 0 aliphatic rings. The Kier molecular flexibility index (Phi) is 3.23. The van der Waals surface area contributed by atoms with Crippen LogP contribution in [0.3, 0.4) is 0 Å². The summed E-state index contributed by atoms with van der Waals surface area (Å²) in [6.45, 7) is 0. The number of rotatable bonds is 2. The van der Waals surface area contributed by atoms with Crippen molar-refractivity contribution in [2.75, 3.05) is 7.11 Å². The van der Waals surface area contributed by atoms with E-state index in [1.807, 2.05) is 5.92 Å². The van der Waals surface area contributed by atoms with E-state index in [1.165, 1.54) is 0 Å². The van der Waals surface area contributed by atoms with Gasteiger partial charge in [0.25, 0.3) is 0 Å². The van der Waals surface area contributed by atoms with Crippen molar-refractivity contribution >= 4 is 0 Å². The van der Waals surface area contributed by atoms with Gasteiger partial charge in [0.05, 0.1) is 6.42 Å². The summed E-state index contributed by atoms with van der Waals surface area (Å²) in [6.07, 6.45) is -1.76. The largest absolute Gasteiger partial charge is 0.392 e. The fraction of sp³-hybridized carbons (Fsp3) is 0.667. The SMILES string of the molecule is C#CC(CC(F)(F)F)OC. The van der Waals surface area contributed by atoms with Gasteiger partial charge in [-0.2, -0.15) is 13.2 Å². The Labute approximate surface area is 57.2 Å². The second kappa shape index (κ2) is 3.47. The van der Waals surface area contributed by atoms with Gasteiger partial charge in [-0.15, -0.1) is 6.42 Å². The first-order chi connectivity index (χ1) is 4.49. The first-order valence-electron chi connectivity index (χ1n) is 2.55. The van der Waals surface area contributed by atoms with Crippen LogP contribution in [0.5, 0.6) is 0 Å². The van der Waals surface area contributed by atoms with E-state index < -0.39 is 18.7 Å². The van der Waals surface area contributed by atoms with E-state index in [-0.39, 0.29) is 0 Å². The fourth-order valence-electron chi connectivity index (χ4n) is 0.421. The minimum absolute atomic E-state index is 1.08. The summed E-state index contributed by atoms with van der Waals surface area (Å²) in [5.41, 5.74) is 0. The van der Waals surface area contributed by atoms with Gasteiger partial charge in [0.15, 0.2) is 0 Å². The maximum absolute atomic E-state index is 11.5. The molecule has 0 saturated carbocycles. The number of alkyl halides is 3. The second-order valence-corrected chi connectivity index (χ2v) is 1.71. The lowest BCUT2D eigenvalue weighted by molar-refractivity contribution is -0.150. The molecule has 4 heteroatoms. The van der Waals surface area contributed by atoms with E-state index in [0.717, 1.165) is 7.11 Å². The zero-order chi connectivity index (χ0) is 8.20. The Morgan fingerprint density at radius 3 is 2.20 bits per heavy atom. The molecule has 0 rings (SSSR count). The van der Waals surface area contributed by atoms with Gasteiger partial charge >= 0.3 is 6.18 Å². The lowest BCUT2D eigenvalue weighted by atomic mass is 10.2. The molecule has 0 aliphatic carbocycles. The highest BCUT2D eigenvalue weighted by Crippen LogP contribution is 2.22. The molecule has 0 N–H and O–H groups in total. The maximum atomic E-state index is 11.5. The predicted octanol–water partition coefficient (Wildman–Crippen LogP) is 1.59. The highest BCUT2D eigenvalue weighted by molar-refractivity contribution is 4.95. The van der Waals surface area contributed by atoms with Crippen LogP contribution in [0, 0.1) is 12.3 Å². The molecule has 0 aromatic carbocycles. The predicted molar refractivity (Wildman–Crippen MR) is 30.3 cm³/mol. The molecule has 0 fully saturated rings. The van der Waals surface area contributed by atoms with E-state index in [1.54, 1.807) is 0 Å². The van der Waals surface area contributed by atoms with Crippen LogP contribution in [-0.4, -0.2) is 19.4 Å². The average molecular weight is 152 g/mol. The molecule has 0 aromatic rings. The summed E-state index contributed by atoms with van der Waals surface area (Å²) in [4.78, 5) is 0. The first-order valence-corrected chi connectivity index (χ1v) is 2.55. The van der Waals surface area contributed by atoms with Crippen molar-refractivity contribution in [1.82, 2.24) is 0 Å². The Hall–Kier alpha value is -0.690. The zero-order valence-electron chi connectivity index (χ0n) is 5.40. The number of methoxy groups -OCH3 is 1. The standard InChI is InChI=1S/C6H7F3O/c1-3-5(10-2)4-6(7,8)9/h1,5H,4H2,2H3. The van der Waals surface area contributed by atoms with Gasteiger partial charge in [-0.1, -0.05) is 5.92 Å². The first kappa shape index (κ1) is 9.31. The minimum atomic E-state index is -4.24. The molecule has 0 amide bonds. The van der Waals surface area contributed by atoms with Crippen molar-refractivity contribution in [3.05, 3.63) is 0 Å². The van der Waals surface area contributed by atoms with E-state index in [2.05, 4.69) is 4.74 Å². The minimum Gasteiger partial charge on any atom is -0.368 e. The Morgan fingerprint density at radius 1 is 1.60 bits per heavy atom. The molecule has 1 nitrogen and oxygen atoms in total. The Bertz CT molecular complexity index is 133. The van der Waals surface area contributed by atoms with E-state index in [9.17, 15) is 13.2 Å². The smallest absolute Gasteiger partial charge is 0.368 e. The monoisotopic (exact) mass is 152 g/mol. The highest BCUT2D eigenvalue weighted by Gasteiger charge is 2.30. The van der Waals surface area contributed by atoms with Crippen molar-refractivity contribution in [3.8, 4) is 12.3 Å². The van der Waals surface area contributed by atoms with Crippen molar-refractivity contribution in [2.45, 2.75) is 18.7 Å². The molecule has 10 heavy (non-hydrogen) atoms. The molecular formula is C6H7F3O. The number of hydrogen-bond donors (Lipinski definition) is 0. The molecule has 0 saturated heterocycles. The molecule has 1 atom stereocenters. The van der Waals surface area contributed by atoms with E-state index in [0.29, 0.717) is 0 Å². The van der Waals surface area contributed by atoms with Gasteiger partial charge < -0.3 is 4.74 Å². The van der Waals surface area contributed by atoms with Crippen molar-refractivity contribution in [3.63, 3.8) is 0 Å². The highest BCUT2D eigenvalue weighted by atomic mass is 19.4. The van der Waals surface area contributed by atoms with Crippen LogP contribution in [-0.2, 0) is 4.74 Å². The van der Waals surface area contributed by atoms with Gasteiger partial charge in [0.1, 0.15) is 6.10 Å². The van der Waals surface area contributed by atoms with Crippen LogP contribution in [0.15, 0.2) is 0 Å². The summed E-state index contributed by atoms with van der Waals surface area (Å²) in [6, 6.07) is 0. The lowest BCUT2D eigenvalue weighted by Gasteiger charge is -2.10. The van der Waals surface area contributed by atoms with Gasteiger partial charge in [-0.05, 0) is 0 Å². The topological polar surface area (TPSA) is 9.23 Å². The molecule has 0 radical (unpaired) electrons. The van der Waals surface area contributed by atoms with Crippen LogP contribution in [0.2, 0.25) is 0 Å². The second-order valence-electron chi connectivity index (χ2n) is 1.71. The molecular weight excluding hydrogens is 145 g/mol. The normalized spacial score (nSPS) is 14.3. The van der Waals surface area contributed by atoms with Crippen LogP contribution in [0.4, 0.5) is 13.2 Å². The van der Waals surface area contributed by atoms with Crippen molar-refractivity contribution in [2.24, 2.45) is 0 Å². The van der Waals surface area contributed by atoms with Crippen LogP contribution < -0.4 is 0 Å². The van der Waals surface area contributed by atoms with Gasteiger partial charge in [0.2, 0.25) is 0 Å².